The van der Waals surface area contributed by atoms with Gasteiger partial charge in [0, 0.05) is 12.1 Å². The zero-order valence-corrected chi connectivity index (χ0v) is 18.7. The number of rotatable bonds is 7. The molecule has 168 valence electrons. The van der Waals surface area contributed by atoms with E-state index in [1.807, 2.05) is 74.7 Å². The molecular weight excluding hydrogens is 402 g/mol. The predicted molar refractivity (Wildman–Crippen MR) is 124 cm³/mol. The van der Waals surface area contributed by atoms with E-state index in [1.165, 1.54) is 5.57 Å². The molecule has 1 fully saturated rings. The monoisotopic (exact) mass is 433 g/mol. The van der Waals surface area contributed by atoms with Crippen LogP contribution in [0.5, 0.6) is 0 Å². The molecule has 32 heavy (non-hydrogen) atoms. The average molecular weight is 434 g/mol. The Kier molecular flexibility index (Phi) is 7.40. The summed E-state index contributed by atoms with van der Waals surface area (Å²) in [7, 11) is 0. The number of hydrogen-bond donors (Lipinski definition) is 0. The highest BCUT2D eigenvalue weighted by molar-refractivity contribution is 5.70. The molecule has 2 aromatic rings. The second-order valence-electron chi connectivity index (χ2n) is 8.09. The van der Waals surface area contributed by atoms with E-state index in [2.05, 4.69) is 18.2 Å². The van der Waals surface area contributed by atoms with Gasteiger partial charge in [0.2, 0.25) is 0 Å². The van der Waals surface area contributed by atoms with Gasteiger partial charge in [0.1, 0.15) is 12.2 Å². The Morgan fingerprint density at radius 3 is 2.22 bits per heavy atom. The third kappa shape index (κ3) is 4.79. The molecule has 5 nitrogen and oxygen atoms in total. The van der Waals surface area contributed by atoms with Crippen LogP contribution in [-0.2, 0) is 27.4 Å². The van der Waals surface area contributed by atoms with Crippen molar-refractivity contribution < 1.29 is 19.0 Å². The summed E-state index contributed by atoms with van der Waals surface area (Å²) in [4.78, 5) is 14.5. The lowest BCUT2D eigenvalue weighted by Gasteiger charge is -2.36. The van der Waals surface area contributed by atoms with Gasteiger partial charge in [0.15, 0.2) is 0 Å². The van der Waals surface area contributed by atoms with E-state index >= 15 is 0 Å². The SMILES string of the molecule is C/C=C1/[C@@H]2CC=CN(C(=O)OCC)[C@@H]2[C@H](OCc2ccccc2)[C@H]1OCc1ccccc1. The number of carbonyl (C=O) groups excluding carboxylic acids is 1. The maximum atomic E-state index is 12.8. The summed E-state index contributed by atoms with van der Waals surface area (Å²) in [6.45, 7) is 5.14. The summed E-state index contributed by atoms with van der Waals surface area (Å²) in [5.74, 6) is 0.135. The summed E-state index contributed by atoms with van der Waals surface area (Å²) >= 11 is 0. The van der Waals surface area contributed by atoms with Crippen LogP contribution in [0.2, 0.25) is 0 Å². The number of nitrogens with zero attached hydrogens (tertiary/aromatic N) is 1. The minimum Gasteiger partial charge on any atom is -0.449 e. The van der Waals surface area contributed by atoms with Crippen molar-refractivity contribution in [2.24, 2.45) is 5.92 Å². The van der Waals surface area contributed by atoms with E-state index in [1.54, 1.807) is 4.90 Å². The zero-order valence-electron chi connectivity index (χ0n) is 18.7. The Hall–Kier alpha value is -2.89. The first-order valence-electron chi connectivity index (χ1n) is 11.3. The molecule has 5 heteroatoms. The largest absolute Gasteiger partial charge is 0.449 e. The highest BCUT2D eigenvalue weighted by Crippen LogP contribution is 2.44. The third-order valence-electron chi connectivity index (χ3n) is 6.15. The highest BCUT2D eigenvalue weighted by atomic mass is 16.6. The zero-order chi connectivity index (χ0) is 22.3. The van der Waals surface area contributed by atoms with Crippen LogP contribution in [0, 0.1) is 5.92 Å². The fraction of sp³-hybridized carbons (Fsp3) is 0.370. The minimum atomic E-state index is -0.342. The van der Waals surface area contributed by atoms with Crippen LogP contribution >= 0.6 is 0 Å². The van der Waals surface area contributed by atoms with Crippen molar-refractivity contribution in [2.75, 3.05) is 6.61 Å². The first-order chi connectivity index (χ1) is 15.7. The number of benzene rings is 2. The summed E-state index contributed by atoms with van der Waals surface area (Å²) < 4.78 is 18.3. The van der Waals surface area contributed by atoms with Gasteiger partial charge in [-0.3, -0.25) is 4.90 Å². The van der Waals surface area contributed by atoms with Gasteiger partial charge in [0.25, 0.3) is 0 Å². The fourth-order valence-electron chi connectivity index (χ4n) is 4.72. The molecule has 0 aromatic heterocycles. The maximum Gasteiger partial charge on any atom is 0.414 e. The number of fused-ring (bicyclic) bond motifs is 1. The van der Waals surface area contributed by atoms with E-state index in [4.69, 9.17) is 14.2 Å². The Balaban J connectivity index is 1.62. The summed E-state index contributed by atoms with van der Waals surface area (Å²) in [6, 6.07) is 20.1. The lowest BCUT2D eigenvalue weighted by atomic mass is 9.91. The molecule has 4 rings (SSSR count). The van der Waals surface area contributed by atoms with Crippen LogP contribution in [0.3, 0.4) is 0 Å². The standard InChI is InChI=1S/C27H31NO4/c1-3-22-23-16-11-17-28(27(29)30-4-2)24(23)26(32-19-21-14-9-6-10-15-21)25(22)31-18-20-12-7-5-8-13-20/h3,5-15,17,23-26H,4,16,18-19H2,1-2H3/b22-3-/t23-,24-,25-,26-/m0/s1. The summed E-state index contributed by atoms with van der Waals surface area (Å²) in [6.07, 6.45) is 5.96. The smallest absolute Gasteiger partial charge is 0.414 e. The molecule has 1 saturated carbocycles. The average Bonchev–Trinajstić information content (AvgIpc) is 3.15. The molecule has 2 aromatic carbocycles. The molecule has 0 unspecified atom stereocenters. The quantitative estimate of drug-likeness (QED) is 0.543. The molecule has 0 N–H and O–H groups in total. The second kappa shape index (κ2) is 10.6. The van der Waals surface area contributed by atoms with Gasteiger partial charge >= 0.3 is 6.09 Å². The maximum absolute atomic E-state index is 12.8. The highest BCUT2D eigenvalue weighted by Gasteiger charge is 2.52. The summed E-state index contributed by atoms with van der Waals surface area (Å²) in [5, 5.41) is 0. The van der Waals surface area contributed by atoms with Crippen LogP contribution in [0.4, 0.5) is 4.79 Å². The van der Waals surface area contributed by atoms with Crippen molar-refractivity contribution in [3.05, 3.63) is 95.7 Å². The molecule has 4 atom stereocenters. The molecule has 1 amide bonds. The first-order valence-corrected chi connectivity index (χ1v) is 11.3. The lowest BCUT2D eigenvalue weighted by Crippen LogP contribution is -2.49. The van der Waals surface area contributed by atoms with Crippen LogP contribution < -0.4 is 0 Å². The van der Waals surface area contributed by atoms with E-state index in [0.717, 1.165) is 17.5 Å². The second-order valence-corrected chi connectivity index (χ2v) is 8.09. The van der Waals surface area contributed by atoms with Crippen molar-refractivity contribution in [3.63, 3.8) is 0 Å². The molecule has 0 bridgehead atoms. The topological polar surface area (TPSA) is 48.0 Å². The summed E-state index contributed by atoms with van der Waals surface area (Å²) in [5.41, 5.74) is 3.39. The Morgan fingerprint density at radius 1 is 1.00 bits per heavy atom. The van der Waals surface area contributed by atoms with Crippen molar-refractivity contribution in [1.82, 2.24) is 4.90 Å². The molecule has 2 aliphatic rings. The molecule has 0 radical (unpaired) electrons. The fourth-order valence-corrected chi connectivity index (χ4v) is 4.72. The van der Waals surface area contributed by atoms with Crippen molar-refractivity contribution in [2.45, 2.75) is 51.7 Å². The van der Waals surface area contributed by atoms with Gasteiger partial charge in [-0.25, -0.2) is 4.79 Å². The van der Waals surface area contributed by atoms with E-state index in [-0.39, 0.29) is 30.3 Å². The minimum absolute atomic E-state index is 0.135. The van der Waals surface area contributed by atoms with Gasteiger partial charge in [-0.1, -0.05) is 72.8 Å². The van der Waals surface area contributed by atoms with E-state index in [9.17, 15) is 4.79 Å². The molecule has 1 aliphatic heterocycles. The Bertz CT molecular complexity index is 941. The molecular formula is C27H31NO4. The molecule has 0 saturated heterocycles. The normalized spacial score (nSPS) is 25.7. The number of ether oxygens (including phenoxy) is 3. The molecule has 1 heterocycles. The number of allylic oxidation sites excluding steroid dienone is 2. The van der Waals surface area contributed by atoms with E-state index < -0.39 is 0 Å². The number of amides is 1. The van der Waals surface area contributed by atoms with Crippen LogP contribution in [0.1, 0.15) is 31.4 Å². The third-order valence-corrected chi connectivity index (χ3v) is 6.15. The number of carbonyl (C=O) groups is 1. The molecule has 0 spiro atoms. The Labute approximate surface area is 190 Å². The Morgan fingerprint density at radius 2 is 1.62 bits per heavy atom. The van der Waals surface area contributed by atoms with Gasteiger partial charge < -0.3 is 14.2 Å². The van der Waals surface area contributed by atoms with Crippen LogP contribution in [0.15, 0.2) is 84.6 Å². The first kappa shape index (κ1) is 22.3. The van der Waals surface area contributed by atoms with Crippen molar-refractivity contribution in [3.8, 4) is 0 Å². The van der Waals surface area contributed by atoms with Crippen molar-refractivity contribution >= 4 is 6.09 Å². The van der Waals surface area contributed by atoms with Gasteiger partial charge in [-0.05, 0) is 37.0 Å². The van der Waals surface area contributed by atoms with Crippen LogP contribution in [-0.4, -0.2) is 35.8 Å². The van der Waals surface area contributed by atoms with Crippen LogP contribution in [0.25, 0.3) is 0 Å². The van der Waals surface area contributed by atoms with Crippen molar-refractivity contribution in [1.29, 1.82) is 0 Å². The lowest BCUT2D eigenvalue weighted by molar-refractivity contribution is -0.0800. The van der Waals surface area contributed by atoms with Gasteiger partial charge in [-0.15, -0.1) is 0 Å². The van der Waals surface area contributed by atoms with E-state index in [0.29, 0.717) is 19.8 Å². The number of hydrogen-bond acceptors (Lipinski definition) is 4. The van der Waals surface area contributed by atoms with Gasteiger partial charge in [0.05, 0.1) is 25.9 Å². The predicted octanol–water partition coefficient (Wildman–Crippen LogP) is 5.48. The molecule has 1 aliphatic carbocycles. The van der Waals surface area contributed by atoms with Gasteiger partial charge in [-0.2, -0.15) is 0 Å².